The Bertz CT molecular complexity index is 451. The van der Waals surface area contributed by atoms with E-state index in [4.69, 9.17) is 4.74 Å². The van der Waals surface area contributed by atoms with Crippen LogP contribution in [0.25, 0.3) is 0 Å². The molecule has 158 valence electrons. The summed E-state index contributed by atoms with van der Waals surface area (Å²) < 4.78 is 5.82. The van der Waals surface area contributed by atoms with E-state index in [1.54, 1.807) is 0 Å². The van der Waals surface area contributed by atoms with Crippen LogP contribution in [0.5, 0.6) is 0 Å². The molecule has 0 aromatic carbocycles. The van der Waals surface area contributed by atoms with Crippen molar-refractivity contribution in [2.45, 2.75) is 72.1 Å². The molecular weight excluding hydrogens is 340 g/mol. The Kier molecular flexibility index (Phi) is 8.38. The molecule has 2 N–H and O–H groups in total. The lowest BCUT2D eigenvalue weighted by Crippen LogP contribution is -2.59. The number of urea groups is 1. The summed E-state index contributed by atoms with van der Waals surface area (Å²) in [6.07, 6.45) is 2.83. The second kappa shape index (κ2) is 10.1. The van der Waals surface area contributed by atoms with Crippen molar-refractivity contribution in [3.05, 3.63) is 0 Å². The molecule has 2 aliphatic rings. The number of carbonyl (C=O) groups is 1. The van der Waals surface area contributed by atoms with Crippen molar-refractivity contribution in [3.8, 4) is 0 Å². The monoisotopic (exact) mass is 382 g/mol. The summed E-state index contributed by atoms with van der Waals surface area (Å²) in [4.78, 5) is 17.1. The fraction of sp³-hybridized carbons (Fsp3) is 0.952. The summed E-state index contributed by atoms with van der Waals surface area (Å²) in [5.74, 6) is 1.58. The fourth-order valence-corrected chi connectivity index (χ4v) is 4.62. The molecule has 6 heteroatoms. The molecule has 0 radical (unpaired) electrons. The van der Waals surface area contributed by atoms with E-state index in [-0.39, 0.29) is 23.8 Å². The van der Waals surface area contributed by atoms with Crippen molar-refractivity contribution < 1.29 is 9.53 Å². The maximum atomic E-state index is 12.2. The molecule has 2 fully saturated rings. The first-order chi connectivity index (χ1) is 12.7. The summed E-state index contributed by atoms with van der Waals surface area (Å²) in [6.45, 7) is 19.9. The van der Waals surface area contributed by atoms with Crippen LogP contribution in [0, 0.1) is 11.8 Å². The molecule has 4 unspecified atom stereocenters. The highest BCUT2D eigenvalue weighted by molar-refractivity contribution is 5.73. The molecular formula is C21H42N4O2. The number of hydrogen-bond acceptors (Lipinski definition) is 4. The third-order valence-electron chi connectivity index (χ3n) is 5.84. The Morgan fingerprint density at radius 3 is 2.19 bits per heavy atom. The van der Waals surface area contributed by atoms with Crippen LogP contribution in [0.3, 0.4) is 0 Å². The minimum absolute atomic E-state index is 0.0576. The molecule has 27 heavy (non-hydrogen) atoms. The van der Waals surface area contributed by atoms with Crippen LogP contribution in [0.2, 0.25) is 0 Å². The van der Waals surface area contributed by atoms with Crippen LogP contribution in [-0.2, 0) is 4.74 Å². The van der Waals surface area contributed by atoms with Crippen molar-refractivity contribution >= 4 is 6.03 Å². The Morgan fingerprint density at radius 1 is 1.00 bits per heavy atom. The van der Waals surface area contributed by atoms with E-state index in [1.165, 1.54) is 19.5 Å². The van der Waals surface area contributed by atoms with Crippen LogP contribution in [-0.4, -0.2) is 79.4 Å². The molecule has 2 heterocycles. The van der Waals surface area contributed by atoms with E-state index in [0.29, 0.717) is 6.54 Å². The lowest BCUT2D eigenvalue weighted by atomic mass is 9.92. The van der Waals surface area contributed by atoms with E-state index in [9.17, 15) is 4.79 Å². The molecule has 0 aliphatic carbocycles. The van der Waals surface area contributed by atoms with Gasteiger partial charge >= 0.3 is 6.03 Å². The predicted molar refractivity (Wildman–Crippen MR) is 111 cm³/mol. The van der Waals surface area contributed by atoms with Crippen LogP contribution in [0.4, 0.5) is 4.79 Å². The van der Waals surface area contributed by atoms with Crippen molar-refractivity contribution in [1.29, 1.82) is 0 Å². The summed E-state index contributed by atoms with van der Waals surface area (Å²) in [5, 5.41) is 6.07. The van der Waals surface area contributed by atoms with E-state index < -0.39 is 0 Å². The third-order valence-corrected chi connectivity index (χ3v) is 5.84. The van der Waals surface area contributed by atoms with Gasteiger partial charge in [0.25, 0.3) is 0 Å². The second-order valence-corrected chi connectivity index (χ2v) is 9.64. The van der Waals surface area contributed by atoms with Crippen molar-refractivity contribution in [2.24, 2.45) is 11.8 Å². The zero-order valence-electron chi connectivity index (χ0n) is 18.4. The average Bonchev–Trinajstić information content (AvgIpc) is 2.55. The summed E-state index contributed by atoms with van der Waals surface area (Å²) in [5.41, 5.74) is -0.0796. The van der Waals surface area contributed by atoms with Gasteiger partial charge in [0.2, 0.25) is 0 Å². The third kappa shape index (κ3) is 7.59. The number of rotatable bonds is 7. The first-order valence-corrected chi connectivity index (χ1v) is 10.8. The molecule has 0 aromatic rings. The number of likely N-dealkylation sites (tertiary alicyclic amines) is 1. The van der Waals surface area contributed by atoms with Gasteiger partial charge in [0.15, 0.2) is 0 Å². The topological polar surface area (TPSA) is 56.8 Å². The first kappa shape index (κ1) is 22.4. The van der Waals surface area contributed by atoms with E-state index in [1.807, 2.05) is 0 Å². The van der Waals surface area contributed by atoms with Crippen LogP contribution >= 0.6 is 0 Å². The molecule has 2 amide bonds. The highest BCUT2D eigenvalue weighted by atomic mass is 16.5. The van der Waals surface area contributed by atoms with Gasteiger partial charge in [0.1, 0.15) is 0 Å². The molecule has 2 aliphatic heterocycles. The van der Waals surface area contributed by atoms with Crippen LogP contribution < -0.4 is 10.6 Å². The average molecular weight is 383 g/mol. The minimum atomic E-state index is -0.0796. The molecule has 0 saturated carbocycles. The summed E-state index contributed by atoms with van der Waals surface area (Å²) >= 11 is 0. The van der Waals surface area contributed by atoms with Gasteiger partial charge < -0.3 is 20.3 Å². The van der Waals surface area contributed by atoms with Crippen LogP contribution in [0.15, 0.2) is 0 Å². The summed E-state index contributed by atoms with van der Waals surface area (Å²) in [7, 11) is 0. The normalized spacial score (nSPS) is 30.9. The lowest BCUT2D eigenvalue weighted by molar-refractivity contribution is -0.0947. The van der Waals surface area contributed by atoms with E-state index >= 15 is 0 Å². The minimum Gasteiger partial charge on any atom is -0.373 e. The molecule has 6 nitrogen and oxygen atoms in total. The van der Waals surface area contributed by atoms with Gasteiger partial charge in [-0.1, -0.05) is 13.8 Å². The van der Waals surface area contributed by atoms with Crippen LogP contribution in [0.1, 0.15) is 54.4 Å². The largest absolute Gasteiger partial charge is 0.373 e. The van der Waals surface area contributed by atoms with Gasteiger partial charge in [0, 0.05) is 44.8 Å². The molecule has 0 spiro atoms. The Hall–Kier alpha value is -0.850. The Morgan fingerprint density at radius 2 is 1.59 bits per heavy atom. The highest BCUT2D eigenvalue weighted by Crippen LogP contribution is 2.21. The number of ether oxygens (including phenoxy) is 1. The predicted octanol–water partition coefficient (Wildman–Crippen LogP) is 2.54. The number of morpholine rings is 1. The van der Waals surface area contributed by atoms with Gasteiger partial charge in [-0.3, -0.25) is 4.90 Å². The number of nitrogens with one attached hydrogen (secondary N) is 2. The van der Waals surface area contributed by atoms with Gasteiger partial charge in [-0.15, -0.1) is 0 Å². The fourth-order valence-electron chi connectivity index (χ4n) is 4.62. The molecule has 4 atom stereocenters. The number of piperidine rings is 1. The van der Waals surface area contributed by atoms with Crippen molar-refractivity contribution in [1.82, 2.24) is 20.4 Å². The van der Waals surface area contributed by atoms with Gasteiger partial charge in [-0.25, -0.2) is 4.79 Å². The SMILES string of the molecule is CC1CC(C)CN(CCCNC(=O)NCC(C)(C)N2CC(C)OC(C)C2)C1. The smallest absolute Gasteiger partial charge is 0.314 e. The molecule has 0 aromatic heterocycles. The zero-order valence-corrected chi connectivity index (χ0v) is 18.4. The molecule has 0 bridgehead atoms. The van der Waals surface area contributed by atoms with Crippen molar-refractivity contribution in [2.75, 3.05) is 45.8 Å². The van der Waals surface area contributed by atoms with Gasteiger partial charge in [-0.2, -0.15) is 0 Å². The maximum Gasteiger partial charge on any atom is 0.314 e. The number of amides is 2. The molecule has 2 rings (SSSR count). The number of nitrogens with zero attached hydrogens (tertiary/aromatic N) is 2. The zero-order chi connectivity index (χ0) is 20.0. The standard InChI is InChI=1S/C21H42N4O2/c1-16-10-17(2)12-24(11-16)9-7-8-22-20(26)23-15-21(5,6)25-13-18(3)27-19(4)14-25/h16-19H,7-15H2,1-6H3,(H2,22,23,26). The second-order valence-electron chi connectivity index (χ2n) is 9.64. The molecule has 2 saturated heterocycles. The van der Waals surface area contributed by atoms with Gasteiger partial charge in [0.05, 0.1) is 12.2 Å². The quantitative estimate of drug-likeness (QED) is 0.665. The van der Waals surface area contributed by atoms with E-state index in [0.717, 1.165) is 44.4 Å². The Balaban J connectivity index is 1.62. The number of carbonyl (C=O) groups excluding carboxylic acids is 1. The van der Waals surface area contributed by atoms with Gasteiger partial charge in [-0.05, 0) is 58.9 Å². The number of hydrogen-bond donors (Lipinski definition) is 2. The highest BCUT2D eigenvalue weighted by Gasteiger charge is 2.33. The maximum absolute atomic E-state index is 12.2. The summed E-state index contributed by atoms with van der Waals surface area (Å²) in [6, 6.07) is -0.0576. The van der Waals surface area contributed by atoms with Crippen molar-refractivity contribution in [3.63, 3.8) is 0 Å². The first-order valence-electron chi connectivity index (χ1n) is 10.8. The Labute approximate surface area is 166 Å². The lowest BCUT2D eigenvalue weighted by Gasteiger charge is -2.45. The van der Waals surface area contributed by atoms with E-state index in [2.05, 4.69) is 62.0 Å².